The van der Waals surface area contributed by atoms with Crippen molar-refractivity contribution in [2.45, 2.75) is 4.90 Å². The van der Waals surface area contributed by atoms with Gasteiger partial charge in [-0.2, -0.15) is 11.3 Å². The second-order valence-corrected chi connectivity index (χ2v) is 6.07. The maximum Gasteiger partial charge on any atom is 0.338 e. The van der Waals surface area contributed by atoms with Gasteiger partial charge in [-0.1, -0.05) is 0 Å². The van der Waals surface area contributed by atoms with Crippen LogP contribution in [-0.4, -0.2) is 33.6 Å². The number of carbonyl (C=O) groups excluding carboxylic acids is 1. The Bertz CT molecular complexity index is 741. The highest BCUT2D eigenvalue weighted by molar-refractivity contribution is 7.89. The highest BCUT2D eigenvalue weighted by Crippen LogP contribution is 2.09. The van der Waals surface area contributed by atoms with Crippen molar-refractivity contribution in [2.24, 2.45) is 5.14 Å². The molecule has 0 saturated heterocycles. The summed E-state index contributed by atoms with van der Waals surface area (Å²) in [5.74, 6) is 0. The van der Waals surface area contributed by atoms with Crippen molar-refractivity contribution in [3.63, 3.8) is 0 Å². The van der Waals surface area contributed by atoms with Crippen LogP contribution < -0.4 is 5.14 Å². The number of sulfonamides is 1. The summed E-state index contributed by atoms with van der Waals surface area (Å²) in [5, 5.41) is 7.94. The fraction of sp³-hybridized carbons (Fsp3) is 0. The number of primary sulfonamides is 1. The first-order chi connectivity index (χ1) is 9.98. The van der Waals surface area contributed by atoms with Gasteiger partial charge in [0.15, 0.2) is 0 Å². The number of hydrogen-bond donors (Lipinski definition) is 1. The van der Waals surface area contributed by atoms with E-state index in [0.717, 1.165) is 0 Å². The van der Waals surface area contributed by atoms with Crippen LogP contribution in [0.3, 0.4) is 0 Å². The van der Waals surface area contributed by atoms with Crippen molar-refractivity contribution >= 4 is 27.4 Å². The van der Waals surface area contributed by atoms with E-state index in [0.29, 0.717) is 0 Å². The van der Waals surface area contributed by atoms with Gasteiger partial charge in [-0.3, -0.25) is 9.13 Å². The lowest BCUT2D eigenvalue weighted by atomic mass is 10.7. The average Bonchev–Trinajstić information content (AvgIpc) is 3.18. The zero-order valence-corrected chi connectivity index (χ0v) is 12.2. The quantitative estimate of drug-likeness (QED) is 0.717. The second-order valence-electron chi connectivity index (χ2n) is 3.73. The number of thiophene rings is 1. The summed E-state index contributed by atoms with van der Waals surface area (Å²) < 4.78 is 23.7. The van der Waals surface area contributed by atoms with E-state index in [-0.39, 0.29) is 10.9 Å². The average molecular weight is 325 g/mol. The van der Waals surface area contributed by atoms with E-state index in [1.54, 1.807) is 30.2 Å². The molecule has 21 heavy (non-hydrogen) atoms. The van der Waals surface area contributed by atoms with Gasteiger partial charge < -0.3 is 0 Å². The first-order valence-electron chi connectivity index (χ1n) is 5.54. The summed E-state index contributed by atoms with van der Waals surface area (Å²) >= 11 is 1.31. The zero-order valence-electron chi connectivity index (χ0n) is 10.6. The van der Waals surface area contributed by atoms with E-state index in [2.05, 4.69) is 9.97 Å². The van der Waals surface area contributed by atoms with E-state index < -0.39 is 10.0 Å². The summed E-state index contributed by atoms with van der Waals surface area (Å²) in [6.07, 6.45) is 9.17. The first kappa shape index (κ1) is 15.1. The molecule has 8 nitrogen and oxygen atoms in total. The third kappa shape index (κ3) is 4.08. The molecular weight excluding hydrogens is 314 g/mol. The number of imidazole rings is 2. The fourth-order valence-electron chi connectivity index (χ4n) is 1.29. The number of aromatic nitrogens is 4. The van der Waals surface area contributed by atoms with E-state index in [1.165, 1.54) is 44.6 Å². The SMILES string of the molecule is NS(=O)(=O)c1ccsc1.O=C(n1ccnc1)n1ccnc1. The van der Waals surface area contributed by atoms with Crippen LogP contribution in [0.1, 0.15) is 0 Å². The van der Waals surface area contributed by atoms with Crippen LogP contribution in [-0.2, 0) is 10.0 Å². The Labute approximate surface area is 124 Å². The van der Waals surface area contributed by atoms with Gasteiger partial charge in [0.2, 0.25) is 10.0 Å². The highest BCUT2D eigenvalue weighted by atomic mass is 32.2. The topological polar surface area (TPSA) is 113 Å². The van der Waals surface area contributed by atoms with Gasteiger partial charge in [0.1, 0.15) is 12.7 Å². The van der Waals surface area contributed by atoms with Crippen LogP contribution >= 0.6 is 11.3 Å². The van der Waals surface area contributed by atoms with Crippen LogP contribution in [0, 0.1) is 0 Å². The van der Waals surface area contributed by atoms with Crippen molar-refractivity contribution in [3.8, 4) is 0 Å². The predicted octanol–water partition coefficient (Wildman–Crippen LogP) is 0.992. The maximum absolute atomic E-state index is 11.4. The molecule has 0 aliphatic rings. The smallest absolute Gasteiger partial charge is 0.257 e. The molecule has 0 unspecified atom stereocenters. The molecule has 10 heteroatoms. The molecule has 0 amide bonds. The molecule has 0 fully saturated rings. The molecule has 0 aliphatic heterocycles. The second kappa shape index (κ2) is 6.43. The minimum absolute atomic E-state index is 0.188. The van der Waals surface area contributed by atoms with E-state index >= 15 is 0 Å². The lowest BCUT2D eigenvalue weighted by Gasteiger charge is -1.98. The largest absolute Gasteiger partial charge is 0.338 e. The molecule has 0 spiro atoms. The zero-order chi connectivity index (χ0) is 15.3. The molecule has 0 aromatic carbocycles. The van der Waals surface area contributed by atoms with Crippen molar-refractivity contribution in [3.05, 3.63) is 54.3 Å². The Morgan fingerprint density at radius 3 is 2.00 bits per heavy atom. The van der Waals surface area contributed by atoms with Gasteiger partial charge in [0.25, 0.3) is 0 Å². The van der Waals surface area contributed by atoms with Crippen LogP contribution in [0.5, 0.6) is 0 Å². The lowest BCUT2D eigenvalue weighted by Crippen LogP contribution is -2.15. The van der Waals surface area contributed by atoms with Crippen molar-refractivity contribution in [1.29, 1.82) is 0 Å². The monoisotopic (exact) mass is 325 g/mol. The molecule has 3 aromatic heterocycles. The van der Waals surface area contributed by atoms with E-state index in [4.69, 9.17) is 5.14 Å². The Morgan fingerprint density at radius 1 is 1.14 bits per heavy atom. The molecule has 0 bridgehead atoms. The molecule has 0 radical (unpaired) electrons. The third-order valence-corrected chi connectivity index (χ3v) is 4.02. The van der Waals surface area contributed by atoms with Gasteiger partial charge >= 0.3 is 6.03 Å². The van der Waals surface area contributed by atoms with Crippen LogP contribution in [0.2, 0.25) is 0 Å². The van der Waals surface area contributed by atoms with Gasteiger partial charge in [-0.05, 0) is 11.4 Å². The Morgan fingerprint density at radius 2 is 1.71 bits per heavy atom. The number of rotatable bonds is 1. The Hall–Kier alpha value is -2.30. The lowest BCUT2D eigenvalue weighted by molar-refractivity contribution is 0.244. The van der Waals surface area contributed by atoms with Crippen molar-refractivity contribution in [1.82, 2.24) is 19.1 Å². The predicted molar refractivity (Wildman–Crippen MR) is 76.3 cm³/mol. The van der Waals surface area contributed by atoms with E-state index in [1.807, 2.05) is 0 Å². The first-order valence-corrected chi connectivity index (χ1v) is 8.03. The summed E-state index contributed by atoms with van der Waals surface area (Å²) in [7, 11) is -3.45. The van der Waals surface area contributed by atoms with E-state index in [9.17, 15) is 13.2 Å². The molecular formula is C11H11N5O3S2. The van der Waals surface area contributed by atoms with Crippen LogP contribution in [0.4, 0.5) is 4.79 Å². The highest BCUT2D eigenvalue weighted by Gasteiger charge is 2.05. The fourth-order valence-corrected chi connectivity index (χ4v) is 2.86. The summed E-state index contributed by atoms with van der Waals surface area (Å²) in [6, 6.07) is 1.28. The van der Waals surface area contributed by atoms with Gasteiger partial charge in [-0.25, -0.2) is 28.3 Å². The number of nitrogens with two attached hydrogens (primary N) is 1. The molecule has 2 N–H and O–H groups in total. The molecule has 3 heterocycles. The van der Waals surface area contributed by atoms with Crippen molar-refractivity contribution in [2.75, 3.05) is 0 Å². The molecule has 0 saturated carbocycles. The van der Waals surface area contributed by atoms with Crippen molar-refractivity contribution < 1.29 is 13.2 Å². The summed E-state index contributed by atoms with van der Waals surface area (Å²) in [6.45, 7) is 0. The number of hydrogen-bond acceptors (Lipinski definition) is 6. The standard InChI is InChI=1S/C7H6N4O.C4H5NO2S2/c12-7(10-3-1-8-5-10)11-4-2-9-6-11;5-9(6,7)4-1-2-8-3-4/h1-6H;1-3H,(H2,5,6,7). The minimum Gasteiger partial charge on any atom is -0.257 e. The molecule has 0 atom stereocenters. The normalized spacial score (nSPS) is 10.7. The maximum atomic E-state index is 11.4. The number of nitrogens with zero attached hydrogens (tertiary/aromatic N) is 4. The molecule has 110 valence electrons. The van der Waals surface area contributed by atoms with Crippen LogP contribution in [0.25, 0.3) is 0 Å². The summed E-state index contributed by atoms with van der Waals surface area (Å²) in [5.41, 5.74) is 0. The molecule has 0 aliphatic carbocycles. The molecule has 3 aromatic rings. The summed E-state index contributed by atoms with van der Waals surface area (Å²) in [4.78, 5) is 19.1. The van der Waals surface area contributed by atoms with Gasteiger partial charge in [-0.15, -0.1) is 0 Å². The Kier molecular flexibility index (Phi) is 4.62. The third-order valence-electron chi connectivity index (χ3n) is 2.27. The van der Waals surface area contributed by atoms with Gasteiger partial charge in [0.05, 0.1) is 4.90 Å². The van der Waals surface area contributed by atoms with Gasteiger partial charge in [0, 0.05) is 30.2 Å². The van der Waals surface area contributed by atoms with Crippen LogP contribution in [0.15, 0.2) is 59.2 Å². The Balaban J connectivity index is 0.000000161. The number of carbonyl (C=O) groups is 1. The molecule has 3 rings (SSSR count). The minimum atomic E-state index is -3.45.